The molecule has 0 aromatic carbocycles. The minimum atomic E-state index is -1.58. The summed E-state index contributed by atoms with van der Waals surface area (Å²) in [7, 11) is 0. The van der Waals surface area contributed by atoms with Gasteiger partial charge in [0.1, 0.15) is 0 Å². The summed E-state index contributed by atoms with van der Waals surface area (Å²) < 4.78 is 12.0. The SMILES string of the molecule is C=C1CCC2CCC34OC3(C(O)(CC(C)=CC(O)C1)OC4O)C2(C)C. The van der Waals surface area contributed by atoms with Crippen molar-refractivity contribution in [3.8, 4) is 0 Å². The molecular weight excluding hydrogens is 320 g/mol. The van der Waals surface area contributed by atoms with Crippen LogP contribution in [-0.2, 0) is 9.47 Å². The minimum absolute atomic E-state index is 0.214. The van der Waals surface area contributed by atoms with Crippen molar-refractivity contribution in [3.05, 3.63) is 23.8 Å². The maximum atomic E-state index is 11.5. The third-order valence-corrected chi connectivity index (χ3v) is 7.28. The molecule has 5 nitrogen and oxygen atoms in total. The van der Waals surface area contributed by atoms with E-state index in [1.54, 1.807) is 6.08 Å². The summed E-state index contributed by atoms with van der Waals surface area (Å²) in [5, 5.41) is 32.3. The van der Waals surface area contributed by atoms with Gasteiger partial charge in [-0.3, -0.25) is 0 Å². The fourth-order valence-electron chi connectivity index (χ4n) is 6.08. The summed E-state index contributed by atoms with van der Waals surface area (Å²) in [5.74, 6) is -1.24. The molecule has 6 atom stereocenters. The molecule has 4 rings (SSSR count). The van der Waals surface area contributed by atoms with Crippen molar-refractivity contribution >= 4 is 0 Å². The number of epoxide rings is 1. The lowest BCUT2D eigenvalue weighted by Crippen LogP contribution is -2.59. The maximum absolute atomic E-state index is 11.5. The fourth-order valence-corrected chi connectivity index (χ4v) is 6.08. The lowest BCUT2D eigenvalue weighted by Gasteiger charge is -2.47. The topological polar surface area (TPSA) is 82.5 Å². The van der Waals surface area contributed by atoms with Gasteiger partial charge in [-0.25, -0.2) is 0 Å². The van der Waals surface area contributed by atoms with Gasteiger partial charge in [0.25, 0.3) is 0 Å². The highest BCUT2D eigenvalue weighted by atomic mass is 16.8. The summed E-state index contributed by atoms with van der Waals surface area (Å²) in [5.41, 5.74) is -0.167. The Kier molecular flexibility index (Phi) is 3.66. The first-order valence-electron chi connectivity index (χ1n) is 9.38. The predicted octanol–water partition coefficient (Wildman–Crippen LogP) is 2.41. The number of fused-ring (bicyclic) bond motifs is 1. The number of rotatable bonds is 0. The molecule has 4 aliphatic rings. The molecule has 0 radical (unpaired) electrons. The molecule has 1 saturated carbocycles. The van der Waals surface area contributed by atoms with E-state index in [0.29, 0.717) is 18.8 Å². The zero-order valence-corrected chi connectivity index (χ0v) is 15.4. The molecule has 140 valence electrons. The van der Waals surface area contributed by atoms with Gasteiger partial charge in [-0.15, -0.1) is 0 Å². The molecule has 2 aliphatic carbocycles. The summed E-state index contributed by atoms with van der Waals surface area (Å²) >= 11 is 0. The number of hydrogen-bond donors (Lipinski definition) is 3. The first-order valence-corrected chi connectivity index (χ1v) is 9.38. The number of hydrogen-bond acceptors (Lipinski definition) is 5. The Bertz CT molecular complexity index is 640. The van der Waals surface area contributed by atoms with E-state index in [-0.39, 0.29) is 11.8 Å². The Morgan fingerprint density at radius 2 is 1.96 bits per heavy atom. The maximum Gasteiger partial charge on any atom is 0.205 e. The van der Waals surface area contributed by atoms with Crippen LogP contribution in [0.5, 0.6) is 0 Å². The van der Waals surface area contributed by atoms with Crippen molar-refractivity contribution in [2.75, 3.05) is 0 Å². The van der Waals surface area contributed by atoms with Gasteiger partial charge in [0, 0.05) is 11.8 Å². The molecule has 25 heavy (non-hydrogen) atoms. The lowest BCUT2D eigenvalue weighted by atomic mass is 9.54. The second kappa shape index (κ2) is 5.17. The number of aliphatic hydroxyl groups excluding tert-OH is 2. The van der Waals surface area contributed by atoms with E-state index in [0.717, 1.165) is 30.4 Å². The van der Waals surface area contributed by atoms with Gasteiger partial charge in [-0.2, -0.15) is 0 Å². The van der Waals surface area contributed by atoms with Crippen LogP contribution >= 0.6 is 0 Å². The van der Waals surface area contributed by atoms with Crippen molar-refractivity contribution in [1.82, 2.24) is 0 Å². The van der Waals surface area contributed by atoms with Crippen LogP contribution in [-0.4, -0.2) is 44.7 Å². The van der Waals surface area contributed by atoms with Crippen LogP contribution in [0.2, 0.25) is 0 Å². The van der Waals surface area contributed by atoms with Gasteiger partial charge < -0.3 is 24.8 Å². The molecular formula is C20H30O5. The van der Waals surface area contributed by atoms with Gasteiger partial charge in [0.15, 0.2) is 17.5 Å². The van der Waals surface area contributed by atoms with Crippen molar-refractivity contribution in [2.45, 2.75) is 88.7 Å². The van der Waals surface area contributed by atoms with E-state index in [1.165, 1.54) is 0 Å². The number of aliphatic hydroxyl groups is 3. The fraction of sp³-hybridized carbons (Fsp3) is 0.800. The molecule has 1 spiro atoms. The monoisotopic (exact) mass is 350 g/mol. The highest BCUT2D eigenvalue weighted by Gasteiger charge is 2.93. The van der Waals surface area contributed by atoms with E-state index in [4.69, 9.17) is 9.47 Å². The molecule has 5 heteroatoms. The van der Waals surface area contributed by atoms with Gasteiger partial charge >= 0.3 is 0 Å². The van der Waals surface area contributed by atoms with Crippen molar-refractivity contribution in [2.24, 2.45) is 11.3 Å². The van der Waals surface area contributed by atoms with E-state index in [9.17, 15) is 15.3 Å². The quantitative estimate of drug-likeness (QED) is 0.462. The average Bonchev–Trinajstić information content (AvgIpc) is 3.14. The smallest absolute Gasteiger partial charge is 0.205 e. The van der Waals surface area contributed by atoms with Gasteiger partial charge in [0.2, 0.25) is 5.79 Å². The first kappa shape index (κ1) is 17.7. The minimum Gasteiger partial charge on any atom is -0.389 e. The molecule has 6 unspecified atom stereocenters. The highest BCUT2D eigenvalue weighted by Crippen LogP contribution is 2.77. The molecule has 2 bridgehead atoms. The summed E-state index contributed by atoms with van der Waals surface area (Å²) in [6, 6.07) is 0. The Balaban J connectivity index is 1.81. The van der Waals surface area contributed by atoms with Crippen LogP contribution in [0.15, 0.2) is 23.8 Å². The lowest BCUT2D eigenvalue weighted by molar-refractivity contribution is -0.307. The Morgan fingerprint density at radius 3 is 2.68 bits per heavy atom. The van der Waals surface area contributed by atoms with Gasteiger partial charge in [-0.05, 0) is 44.9 Å². The van der Waals surface area contributed by atoms with Crippen molar-refractivity contribution in [1.29, 1.82) is 0 Å². The standard InChI is InChI=1S/C20H30O5/c1-12-5-6-14-7-8-18-16(22)24-19(23,11-13(2)10-15(21)9-12)20(18,25-18)17(14,3)4/h10,14-16,21-23H,1,5-9,11H2,2-4H3. The highest BCUT2D eigenvalue weighted by molar-refractivity contribution is 5.36. The molecule has 0 aromatic heterocycles. The molecule has 3 fully saturated rings. The van der Waals surface area contributed by atoms with Crippen LogP contribution in [0.1, 0.15) is 59.3 Å². The van der Waals surface area contributed by atoms with E-state index >= 15 is 0 Å². The second-order valence-electron chi connectivity index (χ2n) is 9.13. The molecule has 2 saturated heterocycles. The summed E-state index contributed by atoms with van der Waals surface area (Å²) in [4.78, 5) is 0. The Morgan fingerprint density at radius 1 is 1.24 bits per heavy atom. The van der Waals surface area contributed by atoms with Crippen LogP contribution in [0.4, 0.5) is 0 Å². The number of ether oxygens (including phenoxy) is 2. The molecule has 2 heterocycles. The Hall–Kier alpha value is -0.720. The van der Waals surface area contributed by atoms with Crippen LogP contribution in [0.3, 0.4) is 0 Å². The first-order chi connectivity index (χ1) is 11.6. The largest absolute Gasteiger partial charge is 0.389 e. The van der Waals surface area contributed by atoms with E-state index in [1.807, 2.05) is 6.92 Å². The molecule has 0 aromatic rings. The molecule has 3 N–H and O–H groups in total. The van der Waals surface area contributed by atoms with Gasteiger partial charge in [-0.1, -0.05) is 37.6 Å². The van der Waals surface area contributed by atoms with Crippen LogP contribution in [0, 0.1) is 11.3 Å². The van der Waals surface area contributed by atoms with Crippen LogP contribution in [0.25, 0.3) is 0 Å². The Labute approximate surface area is 149 Å². The van der Waals surface area contributed by atoms with Crippen molar-refractivity contribution in [3.63, 3.8) is 0 Å². The average molecular weight is 350 g/mol. The van der Waals surface area contributed by atoms with E-state index in [2.05, 4.69) is 20.4 Å². The van der Waals surface area contributed by atoms with E-state index < -0.39 is 29.4 Å². The normalized spacial score (nSPS) is 51.8. The zero-order valence-electron chi connectivity index (χ0n) is 15.4. The third kappa shape index (κ3) is 2.07. The van der Waals surface area contributed by atoms with Gasteiger partial charge in [0.05, 0.1) is 6.10 Å². The third-order valence-electron chi connectivity index (χ3n) is 7.28. The summed E-state index contributed by atoms with van der Waals surface area (Å²) in [6.45, 7) is 10.3. The second-order valence-corrected chi connectivity index (χ2v) is 9.13. The predicted molar refractivity (Wildman–Crippen MR) is 92.5 cm³/mol. The molecule has 0 amide bonds. The summed E-state index contributed by atoms with van der Waals surface area (Å²) in [6.07, 6.45) is 4.19. The van der Waals surface area contributed by atoms with Crippen molar-refractivity contribution < 1.29 is 24.8 Å². The zero-order chi connectivity index (χ0) is 18.3. The molecule has 2 aliphatic heterocycles. The van der Waals surface area contributed by atoms with Crippen LogP contribution < -0.4 is 0 Å².